The molecule has 1 aliphatic carbocycles. The standard InChI is InChI=1S/C31H26Br2FN3O2/c1-17-12-19(16-39-28-9-4-3-6-23(28)33)18(2)21(13-17)29-22(15-35)31(36)37(25-11-10-20(32)14-24(25)34)26-7-5-8-27(38)30(26)29/h3-4,6,9-14,29H,5,7-8,16,36H2,1-2H3. The van der Waals surface area contributed by atoms with Gasteiger partial charge in [0.15, 0.2) is 5.78 Å². The molecule has 1 unspecified atom stereocenters. The molecule has 0 amide bonds. The second kappa shape index (κ2) is 11.0. The Bertz CT molecular complexity index is 1610. The normalized spacial score (nSPS) is 17.3. The quantitative estimate of drug-likeness (QED) is 0.304. The number of Topliss-reactive ketones (excluding diaryl/α,β-unsaturated/α-hetero) is 1. The van der Waals surface area contributed by atoms with E-state index in [-0.39, 0.29) is 22.9 Å². The van der Waals surface area contributed by atoms with Crippen LogP contribution in [-0.4, -0.2) is 5.78 Å². The maximum Gasteiger partial charge on any atom is 0.161 e. The van der Waals surface area contributed by atoms with Crippen molar-refractivity contribution in [1.82, 2.24) is 0 Å². The highest BCUT2D eigenvalue weighted by Crippen LogP contribution is 2.48. The van der Waals surface area contributed by atoms with Crippen molar-refractivity contribution in [2.45, 2.75) is 45.6 Å². The first-order valence-electron chi connectivity index (χ1n) is 12.6. The molecule has 1 heterocycles. The Balaban J connectivity index is 1.66. The lowest BCUT2D eigenvalue weighted by molar-refractivity contribution is -0.116. The Morgan fingerprint density at radius 1 is 1.13 bits per heavy atom. The van der Waals surface area contributed by atoms with Gasteiger partial charge < -0.3 is 10.5 Å². The minimum atomic E-state index is -0.644. The molecule has 0 fully saturated rings. The molecule has 198 valence electrons. The van der Waals surface area contributed by atoms with Crippen LogP contribution in [0.4, 0.5) is 10.1 Å². The molecule has 0 bridgehead atoms. The highest BCUT2D eigenvalue weighted by atomic mass is 79.9. The van der Waals surface area contributed by atoms with Crippen LogP contribution >= 0.6 is 31.9 Å². The molecule has 39 heavy (non-hydrogen) atoms. The van der Waals surface area contributed by atoms with Crippen LogP contribution in [0.1, 0.15) is 47.4 Å². The molecule has 3 aromatic rings. The lowest BCUT2D eigenvalue weighted by atomic mass is 9.73. The van der Waals surface area contributed by atoms with Crippen molar-refractivity contribution in [2.75, 3.05) is 4.90 Å². The average Bonchev–Trinajstić information content (AvgIpc) is 2.90. The third-order valence-electron chi connectivity index (χ3n) is 7.29. The number of nitrogens with two attached hydrogens (primary N) is 1. The lowest BCUT2D eigenvalue weighted by Gasteiger charge is -2.40. The van der Waals surface area contributed by atoms with E-state index in [9.17, 15) is 10.1 Å². The number of rotatable bonds is 5. The number of carbonyl (C=O) groups excluding carboxylic acids is 1. The molecule has 5 rings (SSSR count). The molecular weight excluding hydrogens is 625 g/mol. The maximum absolute atomic E-state index is 15.2. The number of hydrogen-bond acceptors (Lipinski definition) is 5. The van der Waals surface area contributed by atoms with Gasteiger partial charge in [0.25, 0.3) is 0 Å². The Morgan fingerprint density at radius 2 is 1.90 bits per heavy atom. The Labute approximate surface area is 244 Å². The highest BCUT2D eigenvalue weighted by Gasteiger charge is 2.41. The summed E-state index contributed by atoms with van der Waals surface area (Å²) in [6.07, 6.45) is 1.55. The van der Waals surface area contributed by atoms with Crippen LogP contribution in [0.15, 0.2) is 86.2 Å². The van der Waals surface area contributed by atoms with Gasteiger partial charge in [0.05, 0.1) is 27.7 Å². The number of ketones is 1. The lowest BCUT2D eigenvalue weighted by Crippen LogP contribution is -2.39. The minimum Gasteiger partial charge on any atom is -0.488 e. The van der Waals surface area contributed by atoms with E-state index in [0.29, 0.717) is 41.6 Å². The summed E-state index contributed by atoms with van der Waals surface area (Å²) >= 11 is 6.82. The summed E-state index contributed by atoms with van der Waals surface area (Å²) in [5, 5.41) is 10.4. The first-order valence-corrected chi connectivity index (χ1v) is 14.2. The topological polar surface area (TPSA) is 79.3 Å². The molecule has 0 saturated carbocycles. The van der Waals surface area contributed by atoms with Crippen LogP contribution in [0.2, 0.25) is 0 Å². The average molecular weight is 651 g/mol. The maximum atomic E-state index is 15.2. The Kier molecular flexibility index (Phi) is 7.66. The molecule has 0 aromatic heterocycles. The van der Waals surface area contributed by atoms with Gasteiger partial charge in [0, 0.05) is 22.2 Å². The van der Waals surface area contributed by atoms with Crippen molar-refractivity contribution < 1.29 is 13.9 Å². The number of benzene rings is 3. The fourth-order valence-corrected chi connectivity index (χ4v) is 6.20. The summed E-state index contributed by atoms with van der Waals surface area (Å²) in [6.45, 7) is 4.27. The monoisotopic (exact) mass is 649 g/mol. The second-order valence-electron chi connectivity index (χ2n) is 9.77. The Hall–Kier alpha value is -3.41. The number of ether oxygens (including phenoxy) is 1. The smallest absolute Gasteiger partial charge is 0.161 e. The zero-order chi connectivity index (χ0) is 27.8. The molecule has 8 heteroatoms. The number of halogens is 3. The van der Waals surface area contributed by atoms with Crippen molar-refractivity contribution in [3.63, 3.8) is 0 Å². The van der Waals surface area contributed by atoms with Crippen LogP contribution in [0.3, 0.4) is 0 Å². The number of nitrogens with zero attached hydrogens (tertiary/aromatic N) is 2. The van der Waals surface area contributed by atoms with Crippen molar-refractivity contribution in [2.24, 2.45) is 5.73 Å². The van der Waals surface area contributed by atoms with Gasteiger partial charge in [0.1, 0.15) is 24.0 Å². The number of allylic oxidation sites excluding steroid dienone is 3. The van der Waals surface area contributed by atoms with Crippen molar-refractivity contribution in [3.05, 3.63) is 114 Å². The van der Waals surface area contributed by atoms with Gasteiger partial charge in [-0.15, -0.1) is 0 Å². The van der Waals surface area contributed by atoms with E-state index >= 15 is 4.39 Å². The van der Waals surface area contributed by atoms with E-state index in [4.69, 9.17) is 10.5 Å². The van der Waals surface area contributed by atoms with Gasteiger partial charge in [-0.05, 0) is 89.6 Å². The van der Waals surface area contributed by atoms with Gasteiger partial charge in [-0.25, -0.2) is 4.39 Å². The number of carbonyl (C=O) groups is 1. The Morgan fingerprint density at radius 3 is 2.62 bits per heavy atom. The minimum absolute atomic E-state index is 0.0454. The van der Waals surface area contributed by atoms with Crippen LogP contribution in [0.5, 0.6) is 5.75 Å². The zero-order valence-electron chi connectivity index (χ0n) is 21.5. The number of nitriles is 1. The van der Waals surface area contributed by atoms with E-state index in [0.717, 1.165) is 32.5 Å². The fourth-order valence-electron chi connectivity index (χ4n) is 5.47. The third-order valence-corrected chi connectivity index (χ3v) is 8.44. The largest absolute Gasteiger partial charge is 0.488 e. The molecule has 0 spiro atoms. The third kappa shape index (κ3) is 5.02. The van der Waals surface area contributed by atoms with Crippen LogP contribution in [0.25, 0.3) is 0 Å². The first-order chi connectivity index (χ1) is 18.7. The summed E-state index contributed by atoms with van der Waals surface area (Å²) in [5.74, 6) is -0.319. The molecule has 0 saturated heterocycles. The molecule has 5 nitrogen and oxygen atoms in total. The molecule has 0 radical (unpaired) electrons. The molecule has 2 aliphatic rings. The van der Waals surface area contributed by atoms with Crippen LogP contribution < -0.4 is 15.4 Å². The van der Waals surface area contributed by atoms with Crippen molar-refractivity contribution in [3.8, 4) is 11.8 Å². The van der Waals surface area contributed by atoms with Gasteiger partial charge in [-0.1, -0.05) is 45.8 Å². The predicted octanol–water partition coefficient (Wildman–Crippen LogP) is 7.85. The number of anilines is 1. The van der Waals surface area contributed by atoms with Gasteiger partial charge in [-0.3, -0.25) is 9.69 Å². The van der Waals surface area contributed by atoms with E-state index in [1.807, 2.05) is 44.2 Å². The molecule has 2 N–H and O–H groups in total. The van der Waals surface area contributed by atoms with Crippen molar-refractivity contribution >= 4 is 43.3 Å². The van der Waals surface area contributed by atoms with E-state index < -0.39 is 11.7 Å². The highest BCUT2D eigenvalue weighted by molar-refractivity contribution is 9.10. The number of hydrogen-bond donors (Lipinski definition) is 1. The predicted molar refractivity (Wildman–Crippen MR) is 156 cm³/mol. The van der Waals surface area contributed by atoms with Gasteiger partial charge in [0.2, 0.25) is 0 Å². The molecule has 1 aliphatic heterocycles. The van der Waals surface area contributed by atoms with Gasteiger partial charge in [-0.2, -0.15) is 5.26 Å². The zero-order valence-corrected chi connectivity index (χ0v) is 24.7. The summed E-state index contributed by atoms with van der Waals surface area (Å²) in [4.78, 5) is 15.1. The summed E-state index contributed by atoms with van der Waals surface area (Å²) < 4.78 is 22.7. The summed E-state index contributed by atoms with van der Waals surface area (Å²) in [7, 11) is 0. The molecular formula is C31H26Br2FN3O2. The second-order valence-corrected chi connectivity index (χ2v) is 11.5. The number of para-hydroxylation sites is 1. The van der Waals surface area contributed by atoms with Crippen molar-refractivity contribution in [1.29, 1.82) is 5.26 Å². The van der Waals surface area contributed by atoms with E-state index in [1.54, 1.807) is 17.0 Å². The van der Waals surface area contributed by atoms with Crippen LogP contribution in [-0.2, 0) is 11.4 Å². The number of aryl methyl sites for hydroxylation is 1. The van der Waals surface area contributed by atoms with Crippen LogP contribution in [0, 0.1) is 31.0 Å². The summed E-state index contributed by atoms with van der Waals surface area (Å²) in [5.41, 5.74) is 12.0. The fraction of sp³-hybridized carbons (Fsp3) is 0.226. The van der Waals surface area contributed by atoms with E-state index in [1.165, 1.54) is 6.07 Å². The SMILES string of the molecule is Cc1cc(COc2ccccc2Br)c(C)c(C2C(C#N)=C(N)N(c3ccc(Br)cc3F)C3=C2C(=O)CCC3)c1. The summed E-state index contributed by atoms with van der Waals surface area (Å²) in [6, 6.07) is 18.7. The molecule has 3 aromatic carbocycles. The first kappa shape index (κ1) is 27.2. The van der Waals surface area contributed by atoms with Gasteiger partial charge >= 0.3 is 0 Å². The molecule has 1 atom stereocenters. The van der Waals surface area contributed by atoms with E-state index in [2.05, 4.69) is 44.0 Å².